The lowest BCUT2D eigenvalue weighted by Gasteiger charge is -2.52. The smallest absolute Gasteiger partial charge is 0.115 e. The number of aryl methyl sites for hydroxylation is 1. The number of hydrogen-bond donors (Lipinski definition) is 2. The van der Waals surface area contributed by atoms with Crippen molar-refractivity contribution in [2.75, 3.05) is 0 Å². The van der Waals surface area contributed by atoms with Gasteiger partial charge in [0.05, 0.1) is 5.60 Å². The summed E-state index contributed by atoms with van der Waals surface area (Å²) in [6.07, 6.45) is 10.7. The summed E-state index contributed by atoms with van der Waals surface area (Å²) in [5.74, 6) is 2.22. The normalized spacial score (nSPS) is 37.8. The van der Waals surface area contributed by atoms with Crippen molar-refractivity contribution in [1.82, 2.24) is 0 Å². The number of phenols is 1. The Morgan fingerprint density at radius 1 is 1.15 bits per heavy atom. The second-order valence-electron chi connectivity index (χ2n) is 9.11. The molecule has 0 amide bonds. The van der Waals surface area contributed by atoms with Crippen LogP contribution in [0.4, 0.5) is 0 Å². The Morgan fingerprint density at radius 2 is 2.04 bits per heavy atom. The third kappa shape index (κ3) is 2.62. The maximum atomic E-state index is 11.6. The molecular weight excluding hydrogens is 352 g/mol. The molecule has 3 unspecified atom stereocenters. The molecule has 3 aliphatic rings. The molecule has 0 saturated heterocycles. The quantitative estimate of drug-likeness (QED) is 0.696. The van der Waals surface area contributed by atoms with Crippen molar-refractivity contribution < 1.29 is 10.2 Å². The van der Waals surface area contributed by atoms with E-state index in [1.54, 1.807) is 11.3 Å². The van der Waals surface area contributed by atoms with Crippen LogP contribution in [-0.2, 0) is 6.42 Å². The maximum absolute atomic E-state index is 11.6. The molecular formula is C24H28O2S. The number of thiophene rings is 1. The van der Waals surface area contributed by atoms with Gasteiger partial charge in [0.2, 0.25) is 0 Å². The molecule has 2 saturated carbocycles. The van der Waals surface area contributed by atoms with Crippen LogP contribution < -0.4 is 0 Å². The van der Waals surface area contributed by atoms with Crippen molar-refractivity contribution in [2.45, 2.75) is 57.0 Å². The predicted molar refractivity (Wildman–Crippen MR) is 111 cm³/mol. The molecule has 2 aromatic rings. The Hall–Kier alpha value is -1.58. The van der Waals surface area contributed by atoms with Gasteiger partial charge in [0.1, 0.15) is 5.75 Å². The first-order valence-corrected chi connectivity index (χ1v) is 11.2. The van der Waals surface area contributed by atoms with Crippen molar-refractivity contribution in [3.05, 3.63) is 57.8 Å². The zero-order valence-electron chi connectivity index (χ0n) is 15.9. The number of aromatic hydroxyl groups is 1. The summed E-state index contributed by atoms with van der Waals surface area (Å²) in [5.41, 5.74) is 3.26. The molecule has 3 heteroatoms. The molecule has 2 nitrogen and oxygen atoms in total. The van der Waals surface area contributed by atoms with Crippen molar-refractivity contribution in [2.24, 2.45) is 17.3 Å². The van der Waals surface area contributed by atoms with Crippen LogP contribution >= 0.6 is 11.3 Å². The number of aliphatic hydroxyl groups is 1. The minimum absolute atomic E-state index is 0.0326. The highest BCUT2D eigenvalue weighted by atomic mass is 32.1. The van der Waals surface area contributed by atoms with Crippen LogP contribution in [0.3, 0.4) is 0 Å². The van der Waals surface area contributed by atoms with Gasteiger partial charge < -0.3 is 10.2 Å². The van der Waals surface area contributed by atoms with Crippen molar-refractivity contribution in [3.8, 4) is 5.75 Å². The lowest BCUT2D eigenvalue weighted by molar-refractivity contribution is -0.0705. The summed E-state index contributed by atoms with van der Waals surface area (Å²) in [4.78, 5) is 0. The summed E-state index contributed by atoms with van der Waals surface area (Å²) >= 11 is 1.70. The zero-order chi connectivity index (χ0) is 18.6. The third-order valence-corrected chi connectivity index (χ3v) is 8.72. The second-order valence-corrected chi connectivity index (χ2v) is 9.89. The molecule has 0 bridgehead atoms. The molecule has 5 rings (SSSR count). The van der Waals surface area contributed by atoms with Crippen molar-refractivity contribution in [1.29, 1.82) is 0 Å². The SMILES string of the molecule is C[C@]12CCC3c4ccc(O)cc4CCC3C1CC[C@@]2(O)/C=C/c1ccsc1. The molecule has 0 spiro atoms. The minimum Gasteiger partial charge on any atom is -0.508 e. The summed E-state index contributed by atoms with van der Waals surface area (Å²) < 4.78 is 0. The minimum atomic E-state index is -0.695. The first kappa shape index (κ1) is 17.5. The second kappa shape index (κ2) is 6.22. The van der Waals surface area contributed by atoms with Gasteiger partial charge in [-0.3, -0.25) is 0 Å². The van der Waals surface area contributed by atoms with Crippen LogP contribution in [0.25, 0.3) is 6.08 Å². The van der Waals surface area contributed by atoms with E-state index in [1.807, 2.05) is 12.1 Å². The van der Waals surface area contributed by atoms with E-state index >= 15 is 0 Å². The lowest BCUT2D eigenvalue weighted by Crippen LogP contribution is -2.49. The van der Waals surface area contributed by atoms with Gasteiger partial charge in [-0.15, -0.1) is 0 Å². The maximum Gasteiger partial charge on any atom is 0.115 e. The van der Waals surface area contributed by atoms with Gasteiger partial charge in [-0.1, -0.05) is 25.1 Å². The number of benzene rings is 1. The summed E-state index contributed by atoms with van der Waals surface area (Å²) in [7, 11) is 0. The largest absolute Gasteiger partial charge is 0.508 e. The Labute approximate surface area is 165 Å². The van der Waals surface area contributed by atoms with E-state index in [1.165, 1.54) is 23.1 Å². The number of phenolic OH excluding ortho intramolecular Hbond substituents is 1. The highest BCUT2D eigenvalue weighted by Crippen LogP contribution is 2.64. The number of rotatable bonds is 2. The third-order valence-electron chi connectivity index (χ3n) is 8.02. The molecule has 2 fully saturated rings. The van der Waals surface area contributed by atoms with Gasteiger partial charge >= 0.3 is 0 Å². The fourth-order valence-electron chi connectivity index (χ4n) is 6.50. The van der Waals surface area contributed by atoms with E-state index in [0.717, 1.165) is 32.1 Å². The topological polar surface area (TPSA) is 40.5 Å². The van der Waals surface area contributed by atoms with Gasteiger partial charge in [-0.2, -0.15) is 11.3 Å². The first-order valence-electron chi connectivity index (χ1n) is 10.3. The van der Waals surface area contributed by atoms with E-state index in [-0.39, 0.29) is 5.41 Å². The van der Waals surface area contributed by atoms with Crippen LogP contribution in [0.2, 0.25) is 0 Å². The number of hydrogen-bond acceptors (Lipinski definition) is 3. The van der Waals surface area contributed by atoms with Crippen LogP contribution in [0.15, 0.2) is 41.1 Å². The summed E-state index contributed by atoms with van der Waals surface area (Å²) in [5, 5.41) is 25.7. The summed E-state index contributed by atoms with van der Waals surface area (Å²) in [6.45, 7) is 2.34. The van der Waals surface area contributed by atoms with Gasteiger partial charge in [0.25, 0.3) is 0 Å². The van der Waals surface area contributed by atoms with Gasteiger partial charge in [0.15, 0.2) is 0 Å². The first-order chi connectivity index (χ1) is 13.0. The molecule has 142 valence electrons. The molecule has 1 aromatic heterocycles. The lowest BCUT2D eigenvalue weighted by atomic mass is 9.53. The van der Waals surface area contributed by atoms with E-state index in [2.05, 4.69) is 42.0 Å². The highest BCUT2D eigenvalue weighted by molar-refractivity contribution is 7.08. The fraction of sp³-hybridized carbons (Fsp3) is 0.500. The average molecular weight is 381 g/mol. The van der Waals surface area contributed by atoms with Crippen LogP contribution in [0.5, 0.6) is 5.75 Å². The molecule has 1 aromatic carbocycles. The van der Waals surface area contributed by atoms with Gasteiger partial charge in [-0.25, -0.2) is 0 Å². The molecule has 0 aliphatic heterocycles. The Morgan fingerprint density at radius 3 is 2.85 bits per heavy atom. The van der Waals surface area contributed by atoms with E-state index < -0.39 is 5.60 Å². The summed E-state index contributed by atoms with van der Waals surface area (Å²) in [6, 6.07) is 8.09. The van der Waals surface area contributed by atoms with Gasteiger partial charge in [0, 0.05) is 5.41 Å². The molecule has 3 aliphatic carbocycles. The molecule has 2 N–H and O–H groups in total. The molecule has 27 heavy (non-hydrogen) atoms. The molecule has 5 atom stereocenters. The fourth-order valence-corrected chi connectivity index (χ4v) is 7.13. The van der Waals surface area contributed by atoms with E-state index in [4.69, 9.17) is 0 Å². The Bertz CT molecular complexity index is 871. The highest BCUT2D eigenvalue weighted by Gasteiger charge is 2.60. The molecule has 0 radical (unpaired) electrons. The predicted octanol–water partition coefficient (Wildman–Crippen LogP) is 5.75. The zero-order valence-corrected chi connectivity index (χ0v) is 16.7. The van der Waals surface area contributed by atoms with Gasteiger partial charge in [-0.05, 0) is 102 Å². The number of fused-ring (bicyclic) bond motifs is 5. The molecule has 1 heterocycles. The van der Waals surface area contributed by atoms with Crippen molar-refractivity contribution >= 4 is 17.4 Å². The Balaban J connectivity index is 1.45. The average Bonchev–Trinajstić information content (AvgIpc) is 3.26. The van der Waals surface area contributed by atoms with Crippen LogP contribution in [0.1, 0.15) is 61.6 Å². The van der Waals surface area contributed by atoms with E-state index in [0.29, 0.717) is 23.5 Å². The Kier molecular flexibility index (Phi) is 4.03. The van der Waals surface area contributed by atoms with Crippen LogP contribution in [-0.4, -0.2) is 15.8 Å². The van der Waals surface area contributed by atoms with E-state index in [9.17, 15) is 10.2 Å². The monoisotopic (exact) mass is 380 g/mol. The van der Waals surface area contributed by atoms with Crippen LogP contribution in [0, 0.1) is 17.3 Å². The standard InChI is InChI=1S/C24H28O2S/c1-23-10-7-20-19-5-3-18(25)14-17(19)2-4-21(20)22(23)8-12-24(23,26)11-6-16-9-13-27-15-16/h3,5-6,9,11,13-15,20-22,25-26H,2,4,7-8,10,12H2,1H3/b11-6+/t20?,21?,22?,23-,24-/m0/s1. The van der Waals surface area contributed by atoms with Crippen molar-refractivity contribution in [3.63, 3.8) is 0 Å².